The van der Waals surface area contributed by atoms with Crippen LogP contribution < -0.4 is 32.6 Å². The summed E-state index contributed by atoms with van der Waals surface area (Å²) >= 11 is 0. The molecule has 0 saturated carbocycles. The summed E-state index contributed by atoms with van der Waals surface area (Å²) < 4.78 is 68.5. The number of hydrogen-bond donors (Lipinski definition) is 6. The highest BCUT2D eigenvalue weighted by Gasteiger charge is 2.45. The zero-order valence-corrected chi connectivity index (χ0v) is 49.5. The molecule has 25 heteroatoms. The first-order chi connectivity index (χ1) is 41.5. The average Bonchev–Trinajstić information content (AvgIpc) is 4.05. The zero-order valence-electron chi connectivity index (χ0n) is 49.5. The molecule has 0 radical (unpaired) electrons. The number of aromatic amines is 1. The molecule has 4 heterocycles. The number of fused-ring (bicyclic) bond motifs is 1. The minimum atomic E-state index is -4.90. The van der Waals surface area contributed by atoms with Crippen LogP contribution >= 0.6 is 0 Å². The van der Waals surface area contributed by atoms with Crippen molar-refractivity contribution in [2.75, 3.05) is 148 Å². The third-order valence-corrected chi connectivity index (χ3v) is 14.7. The monoisotopic (exact) mass is 1200 g/mol. The van der Waals surface area contributed by atoms with E-state index >= 15 is 0 Å². The van der Waals surface area contributed by atoms with Crippen LogP contribution in [-0.2, 0) is 50.8 Å². The van der Waals surface area contributed by atoms with E-state index in [0.29, 0.717) is 90.9 Å². The summed E-state index contributed by atoms with van der Waals surface area (Å²) in [6.45, 7) is 16.8. The van der Waals surface area contributed by atoms with Gasteiger partial charge in [-0.1, -0.05) is 57.0 Å². The van der Waals surface area contributed by atoms with E-state index in [4.69, 9.17) is 29.4 Å². The molecule has 7 N–H and O–H groups in total. The molecule has 2 fully saturated rings. The first-order valence-corrected chi connectivity index (χ1v) is 29.4. The number of H-pyrrole nitrogens is 1. The molecule has 4 aromatic rings. The number of amides is 6. The number of piperidine rings is 1. The Morgan fingerprint density at radius 1 is 0.709 bits per heavy atom. The second kappa shape index (κ2) is 35.5. The second-order valence-electron chi connectivity index (χ2n) is 20.9. The largest absolute Gasteiger partial charge is 0.417 e. The van der Waals surface area contributed by atoms with Crippen molar-refractivity contribution in [1.29, 1.82) is 0 Å². The van der Waals surface area contributed by atoms with E-state index in [2.05, 4.69) is 67.9 Å². The first kappa shape index (κ1) is 68.0. The van der Waals surface area contributed by atoms with E-state index in [-0.39, 0.29) is 47.7 Å². The molecule has 22 nitrogen and oxygen atoms in total. The lowest BCUT2D eigenvalue weighted by Crippen LogP contribution is -2.54. The fraction of sp³-hybridized carbons (Fsp3) is 0.525. The van der Waals surface area contributed by atoms with Crippen molar-refractivity contribution in [3.63, 3.8) is 0 Å². The Bertz CT molecular complexity index is 2920. The Hall–Kier alpha value is -7.10. The molecule has 1 unspecified atom stereocenters. The van der Waals surface area contributed by atoms with Gasteiger partial charge in [0, 0.05) is 76.6 Å². The minimum absolute atomic E-state index is 0.0413. The topological polar surface area (TPSA) is 269 Å². The molecule has 3 aliphatic rings. The van der Waals surface area contributed by atoms with Gasteiger partial charge >= 0.3 is 6.18 Å². The van der Waals surface area contributed by atoms with Crippen LogP contribution in [-0.4, -0.2) is 198 Å². The molecule has 7 rings (SSSR count). The average molecular weight is 1210 g/mol. The molecule has 1 atom stereocenters. The molecular formula is C61H83F3N10O12. The Labute approximate surface area is 499 Å². The number of carbonyl (C=O) groups is 6. The van der Waals surface area contributed by atoms with Gasteiger partial charge in [0.1, 0.15) is 6.04 Å². The summed E-state index contributed by atoms with van der Waals surface area (Å²) in [5.74, 6) is -3.32. The van der Waals surface area contributed by atoms with Gasteiger partial charge in [-0.25, -0.2) is 0 Å². The van der Waals surface area contributed by atoms with Crippen LogP contribution in [0.15, 0.2) is 77.7 Å². The molecule has 6 amide bonds. The van der Waals surface area contributed by atoms with Gasteiger partial charge in [-0.2, -0.15) is 13.2 Å². The van der Waals surface area contributed by atoms with E-state index < -0.39 is 58.4 Å². The number of imide groups is 2. The standard InChI is InChI=1S/C56H70F3N9O12.C5H13N/c57-56(58,59)43-35-50(71)63-36-42(43)52(72)64-46-34-40(11-12-44(46)60)39-8-5-7-38(33-39)37-67-21-19-66(20-22-67)18-4-2-1-3-16-62-48(69)15-23-76-25-27-78-29-31-80-32-30-79-28-26-77-24-17-61-45-10-6-9-41-51(45)55(75)68(54(41)74)47-13-14-49(70)65-53(47)73;1-4-6(3)5-2/h5-12,33-36,47,61H,1-4,13-32,37,60H2,(H,62,69)(H,63,71)(H,64,72)(H,65,70,73);4-5H2,1-3H3. The highest BCUT2D eigenvalue weighted by Crippen LogP contribution is 2.34. The number of hydrogen-bond acceptors (Lipinski definition) is 17. The predicted octanol–water partition coefficient (Wildman–Crippen LogP) is 5.63. The van der Waals surface area contributed by atoms with Crippen LogP contribution in [0.2, 0.25) is 0 Å². The van der Waals surface area contributed by atoms with Gasteiger partial charge < -0.3 is 60.2 Å². The van der Waals surface area contributed by atoms with Crippen LogP contribution in [0.5, 0.6) is 0 Å². The number of benzene rings is 3. The van der Waals surface area contributed by atoms with Crippen LogP contribution in [0.4, 0.5) is 30.2 Å². The van der Waals surface area contributed by atoms with Crippen LogP contribution in [0.3, 0.4) is 0 Å². The molecule has 86 heavy (non-hydrogen) atoms. The Kier molecular flexibility index (Phi) is 28.1. The summed E-state index contributed by atoms with van der Waals surface area (Å²) in [5.41, 5.74) is 6.91. The van der Waals surface area contributed by atoms with Crippen molar-refractivity contribution in [3.05, 3.63) is 111 Å². The number of rotatable bonds is 34. The van der Waals surface area contributed by atoms with Gasteiger partial charge in [0.05, 0.1) is 99.7 Å². The van der Waals surface area contributed by atoms with Gasteiger partial charge in [-0.15, -0.1) is 0 Å². The van der Waals surface area contributed by atoms with E-state index in [0.717, 1.165) is 106 Å². The lowest BCUT2D eigenvalue weighted by molar-refractivity contribution is -0.138. The molecule has 3 aliphatic heterocycles. The highest BCUT2D eigenvalue weighted by atomic mass is 19.4. The van der Waals surface area contributed by atoms with Crippen LogP contribution in [0.25, 0.3) is 11.1 Å². The Morgan fingerprint density at radius 3 is 1.99 bits per heavy atom. The fourth-order valence-corrected chi connectivity index (χ4v) is 9.63. The van der Waals surface area contributed by atoms with Crippen molar-refractivity contribution in [2.45, 2.75) is 77.6 Å². The summed E-state index contributed by atoms with van der Waals surface area (Å²) in [7, 11) is 2.11. The molecule has 0 aliphatic carbocycles. The number of ether oxygens (including phenoxy) is 5. The first-order valence-electron chi connectivity index (χ1n) is 29.4. The summed E-state index contributed by atoms with van der Waals surface area (Å²) in [6.07, 6.45) is 0.357. The molecule has 470 valence electrons. The van der Waals surface area contributed by atoms with Crippen molar-refractivity contribution in [1.82, 2.24) is 35.2 Å². The number of carbonyl (C=O) groups excluding carboxylic acids is 6. The highest BCUT2D eigenvalue weighted by molar-refractivity contribution is 6.25. The molecule has 2 saturated heterocycles. The van der Waals surface area contributed by atoms with Crippen molar-refractivity contribution in [2.24, 2.45) is 0 Å². The number of piperazine rings is 1. The Balaban J connectivity index is 0.00000187. The van der Waals surface area contributed by atoms with Gasteiger partial charge in [-0.05, 0) is 93.0 Å². The van der Waals surface area contributed by atoms with E-state index in [1.165, 1.54) is 0 Å². The lowest BCUT2D eigenvalue weighted by atomic mass is 10.0. The third kappa shape index (κ3) is 21.7. The number of halogens is 3. The van der Waals surface area contributed by atoms with Gasteiger partial charge in [0.15, 0.2) is 0 Å². The number of unbranched alkanes of at least 4 members (excludes halogenated alkanes) is 3. The molecular weight excluding hydrogens is 1120 g/mol. The quantitative estimate of drug-likeness (QED) is 0.0188. The number of aromatic nitrogens is 1. The maximum Gasteiger partial charge on any atom is 0.417 e. The summed E-state index contributed by atoms with van der Waals surface area (Å²) in [6, 6.07) is 17.1. The number of nitrogens with one attached hydrogen (secondary N) is 5. The van der Waals surface area contributed by atoms with E-state index in [1.807, 2.05) is 18.2 Å². The van der Waals surface area contributed by atoms with Gasteiger partial charge in [-0.3, -0.25) is 48.7 Å². The number of nitrogens with zero attached hydrogens (tertiary/aromatic N) is 4. The van der Waals surface area contributed by atoms with Crippen LogP contribution in [0.1, 0.15) is 101 Å². The molecule has 0 bridgehead atoms. The molecule has 3 aromatic carbocycles. The number of alkyl halides is 3. The molecule has 1 aromatic heterocycles. The summed E-state index contributed by atoms with van der Waals surface area (Å²) in [5, 5.41) is 10.8. The zero-order chi connectivity index (χ0) is 61.8. The van der Waals surface area contributed by atoms with E-state index in [1.54, 1.807) is 36.4 Å². The number of pyridine rings is 1. The smallest absolute Gasteiger partial charge is 0.397 e. The SMILES string of the molecule is CCN(C)CC.Nc1ccc(-c2cccc(CN3CCN(CCCCCCNC(=O)CCOCCOCCOCCOCCOCCNc4cccc5c4C(=O)N(C4CCC(=O)NC4=O)C5=O)CC3)c2)cc1NC(=O)c1c[nH]c(=O)cc1C(F)(F)F. The van der Waals surface area contributed by atoms with Gasteiger partial charge in [0.25, 0.3) is 17.7 Å². The normalized spacial score (nSPS) is 15.6. The van der Waals surface area contributed by atoms with Crippen LogP contribution in [0, 0.1) is 0 Å². The fourth-order valence-electron chi connectivity index (χ4n) is 9.63. The molecule has 0 spiro atoms. The van der Waals surface area contributed by atoms with Crippen molar-refractivity contribution in [3.8, 4) is 11.1 Å². The maximum atomic E-state index is 13.6. The number of nitrogen functional groups attached to an aromatic ring is 1. The van der Waals surface area contributed by atoms with E-state index in [9.17, 15) is 46.7 Å². The second-order valence-corrected chi connectivity index (χ2v) is 20.9. The van der Waals surface area contributed by atoms with Crippen molar-refractivity contribution < 1.29 is 65.6 Å². The van der Waals surface area contributed by atoms with Crippen molar-refractivity contribution >= 4 is 52.5 Å². The number of nitrogens with two attached hydrogens (primary N) is 1. The predicted molar refractivity (Wildman–Crippen MR) is 319 cm³/mol. The Morgan fingerprint density at radius 2 is 1.34 bits per heavy atom. The minimum Gasteiger partial charge on any atom is -0.397 e. The van der Waals surface area contributed by atoms with Gasteiger partial charge in [0.2, 0.25) is 23.3 Å². The summed E-state index contributed by atoms with van der Waals surface area (Å²) in [4.78, 5) is 97.1. The number of anilines is 3. The maximum absolute atomic E-state index is 13.6. The lowest BCUT2D eigenvalue weighted by Gasteiger charge is -2.34. The third-order valence-electron chi connectivity index (χ3n) is 14.7.